The number of anilines is 1. The van der Waals surface area contributed by atoms with Crippen LogP contribution in [0, 0.1) is 0 Å². The SMILES string of the molecule is Nc1cccc(OCC(O)COCc2ccco2)c1. The normalized spacial score (nSPS) is 12.3. The molecule has 1 aromatic heterocycles. The molecule has 0 amide bonds. The van der Waals surface area contributed by atoms with E-state index < -0.39 is 6.10 Å². The maximum absolute atomic E-state index is 9.70. The predicted octanol–water partition coefficient (Wildman–Crippen LogP) is 1.82. The summed E-state index contributed by atoms with van der Waals surface area (Å²) in [5, 5.41) is 9.70. The van der Waals surface area contributed by atoms with Gasteiger partial charge in [-0.3, -0.25) is 0 Å². The lowest BCUT2D eigenvalue weighted by molar-refractivity contribution is 0.000889. The first-order valence-corrected chi connectivity index (χ1v) is 6.00. The second-order valence-electron chi connectivity index (χ2n) is 4.13. The minimum atomic E-state index is -0.698. The van der Waals surface area contributed by atoms with Gasteiger partial charge in [-0.25, -0.2) is 0 Å². The van der Waals surface area contributed by atoms with Crippen LogP contribution in [-0.2, 0) is 11.3 Å². The van der Waals surface area contributed by atoms with E-state index in [2.05, 4.69) is 0 Å². The fraction of sp³-hybridized carbons (Fsp3) is 0.286. The van der Waals surface area contributed by atoms with Crippen molar-refractivity contribution in [3.63, 3.8) is 0 Å². The van der Waals surface area contributed by atoms with Crippen LogP contribution in [0.1, 0.15) is 5.76 Å². The van der Waals surface area contributed by atoms with E-state index in [4.69, 9.17) is 19.6 Å². The molecular weight excluding hydrogens is 246 g/mol. The molecule has 1 unspecified atom stereocenters. The van der Waals surface area contributed by atoms with Gasteiger partial charge in [0.15, 0.2) is 0 Å². The molecule has 0 aliphatic heterocycles. The van der Waals surface area contributed by atoms with E-state index in [1.54, 1.807) is 36.6 Å². The fourth-order valence-electron chi connectivity index (χ4n) is 1.54. The third kappa shape index (κ3) is 4.65. The van der Waals surface area contributed by atoms with Gasteiger partial charge in [-0.2, -0.15) is 0 Å². The third-order valence-electron chi connectivity index (χ3n) is 2.44. The second-order valence-corrected chi connectivity index (χ2v) is 4.13. The van der Waals surface area contributed by atoms with E-state index in [1.165, 1.54) is 0 Å². The van der Waals surface area contributed by atoms with Crippen molar-refractivity contribution in [2.45, 2.75) is 12.7 Å². The molecule has 3 N–H and O–H groups in total. The van der Waals surface area contributed by atoms with Crippen molar-refractivity contribution in [3.05, 3.63) is 48.4 Å². The molecule has 0 aliphatic rings. The predicted molar refractivity (Wildman–Crippen MR) is 70.7 cm³/mol. The third-order valence-corrected chi connectivity index (χ3v) is 2.44. The van der Waals surface area contributed by atoms with E-state index in [-0.39, 0.29) is 13.2 Å². The summed E-state index contributed by atoms with van der Waals surface area (Å²) in [6, 6.07) is 10.7. The molecule has 5 nitrogen and oxygen atoms in total. The number of benzene rings is 1. The zero-order valence-electron chi connectivity index (χ0n) is 10.5. The van der Waals surface area contributed by atoms with Crippen LogP contribution in [0.4, 0.5) is 5.69 Å². The van der Waals surface area contributed by atoms with Crippen LogP contribution >= 0.6 is 0 Å². The van der Waals surface area contributed by atoms with Gasteiger partial charge in [0, 0.05) is 11.8 Å². The van der Waals surface area contributed by atoms with Gasteiger partial charge >= 0.3 is 0 Å². The van der Waals surface area contributed by atoms with Crippen LogP contribution in [0.3, 0.4) is 0 Å². The number of nitrogen functional groups attached to an aromatic ring is 1. The number of aliphatic hydroxyl groups excluding tert-OH is 1. The number of hydrogen-bond acceptors (Lipinski definition) is 5. The standard InChI is InChI=1S/C14H17NO4/c15-11-3-1-4-13(7-11)19-9-12(16)8-17-10-14-5-2-6-18-14/h1-7,12,16H,8-10,15H2. The molecule has 0 spiro atoms. The molecule has 102 valence electrons. The molecule has 0 radical (unpaired) electrons. The Hall–Kier alpha value is -1.98. The molecular formula is C14H17NO4. The Balaban J connectivity index is 1.65. The molecule has 2 rings (SSSR count). The number of aliphatic hydroxyl groups is 1. The minimum absolute atomic E-state index is 0.154. The summed E-state index contributed by atoms with van der Waals surface area (Å²) in [5.41, 5.74) is 6.25. The first-order chi connectivity index (χ1) is 9.24. The molecule has 1 heterocycles. The van der Waals surface area contributed by atoms with E-state index in [0.29, 0.717) is 18.0 Å². The fourth-order valence-corrected chi connectivity index (χ4v) is 1.54. The van der Waals surface area contributed by atoms with Crippen LogP contribution in [-0.4, -0.2) is 24.4 Å². The van der Waals surface area contributed by atoms with Gasteiger partial charge in [0.1, 0.15) is 30.8 Å². The number of ether oxygens (including phenoxy) is 2. The lowest BCUT2D eigenvalue weighted by Gasteiger charge is -2.12. The number of furan rings is 1. The van der Waals surface area contributed by atoms with E-state index >= 15 is 0 Å². The van der Waals surface area contributed by atoms with Crippen molar-refractivity contribution < 1.29 is 19.0 Å². The zero-order valence-corrected chi connectivity index (χ0v) is 10.5. The van der Waals surface area contributed by atoms with Crippen molar-refractivity contribution in [3.8, 4) is 5.75 Å². The van der Waals surface area contributed by atoms with Crippen LogP contribution in [0.5, 0.6) is 5.75 Å². The Morgan fingerprint density at radius 2 is 2.11 bits per heavy atom. The summed E-state index contributed by atoms with van der Waals surface area (Å²) in [7, 11) is 0. The lowest BCUT2D eigenvalue weighted by Crippen LogP contribution is -2.23. The maximum Gasteiger partial charge on any atom is 0.129 e. The van der Waals surface area contributed by atoms with Crippen molar-refractivity contribution in [1.82, 2.24) is 0 Å². The maximum atomic E-state index is 9.70. The highest BCUT2D eigenvalue weighted by atomic mass is 16.5. The highest BCUT2D eigenvalue weighted by Gasteiger charge is 2.06. The Bertz CT molecular complexity index is 484. The Morgan fingerprint density at radius 3 is 2.84 bits per heavy atom. The van der Waals surface area contributed by atoms with Crippen LogP contribution in [0.2, 0.25) is 0 Å². The van der Waals surface area contributed by atoms with Gasteiger partial charge in [0.25, 0.3) is 0 Å². The van der Waals surface area contributed by atoms with Crippen molar-refractivity contribution in [2.24, 2.45) is 0 Å². The lowest BCUT2D eigenvalue weighted by atomic mass is 10.3. The van der Waals surface area contributed by atoms with Gasteiger partial charge < -0.3 is 24.7 Å². The molecule has 1 aromatic carbocycles. The molecule has 0 saturated carbocycles. The van der Waals surface area contributed by atoms with Crippen molar-refractivity contribution in [1.29, 1.82) is 0 Å². The Kier molecular flexibility index (Phi) is 4.83. The van der Waals surface area contributed by atoms with Crippen molar-refractivity contribution >= 4 is 5.69 Å². The Labute approximate surface area is 111 Å². The van der Waals surface area contributed by atoms with Crippen LogP contribution in [0.25, 0.3) is 0 Å². The molecule has 5 heteroatoms. The summed E-state index contributed by atoms with van der Waals surface area (Å²) < 4.78 is 15.8. The minimum Gasteiger partial charge on any atom is -0.491 e. The van der Waals surface area contributed by atoms with E-state index in [9.17, 15) is 5.11 Å². The van der Waals surface area contributed by atoms with Crippen LogP contribution < -0.4 is 10.5 Å². The second kappa shape index (κ2) is 6.82. The summed E-state index contributed by atoms with van der Waals surface area (Å²) in [4.78, 5) is 0. The van der Waals surface area contributed by atoms with Gasteiger partial charge in [-0.05, 0) is 24.3 Å². The molecule has 0 fully saturated rings. The summed E-state index contributed by atoms with van der Waals surface area (Å²) in [6.07, 6.45) is 0.884. The van der Waals surface area contributed by atoms with Gasteiger partial charge in [0.05, 0.1) is 12.9 Å². The zero-order chi connectivity index (χ0) is 13.5. The first-order valence-electron chi connectivity index (χ1n) is 6.00. The smallest absolute Gasteiger partial charge is 0.129 e. The number of rotatable bonds is 7. The number of nitrogens with two attached hydrogens (primary N) is 1. The highest BCUT2D eigenvalue weighted by molar-refractivity contribution is 5.43. The van der Waals surface area contributed by atoms with E-state index in [0.717, 1.165) is 5.76 Å². The molecule has 19 heavy (non-hydrogen) atoms. The topological polar surface area (TPSA) is 77.9 Å². The van der Waals surface area contributed by atoms with Crippen molar-refractivity contribution in [2.75, 3.05) is 18.9 Å². The highest BCUT2D eigenvalue weighted by Crippen LogP contribution is 2.14. The van der Waals surface area contributed by atoms with Gasteiger partial charge in [-0.15, -0.1) is 0 Å². The first kappa shape index (κ1) is 13.5. The molecule has 2 aromatic rings. The summed E-state index contributed by atoms with van der Waals surface area (Å²) in [6.45, 7) is 0.674. The van der Waals surface area contributed by atoms with Gasteiger partial charge in [0.2, 0.25) is 0 Å². The number of hydrogen-bond donors (Lipinski definition) is 2. The molecule has 0 aliphatic carbocycles. The molecule has 0 bridgehead atoms. The quantitative estimate of drug-likeness (QED) is 0.745. The Morgan fingerprint density at radius 1 is 1.21 bits per heavy atom. The van der Waals surface area contributed by atoms with E-state index in [1.807, 2.05) is 6.07 Å². The summed E-state index contributed by atoms with van der Waals surface area (Å²) >= 11 is 0. The largest absolute Gasteiger partial charge is 0.491 e. The molecule has 0 saturated heterocycles. The average Bonchev–Trinajstić information content (AvgIpc) is 2.90. The summed E-state index contributed by atoms with van der Waals surface area (Å²) in [5.74, 6) is 1.36. The van der Waals surface area contributed by atoms with Crippen LogP contribution in [0.15, 0.2) is 47.1 Å². The monoisotopic (exact) mass is 263 g/mol. The van der Waals surface area contributed by atoms with Gasteiger partial charge in [-0.1, -0.05) is 6.07 Å². The molecule has 1 atom stereocenters. The average molecular weight is 263 g/mol.